The number of hydrogen-bond acceptors (Lipinski definition) is 2. The van der Waals surface area contributed by atoms with E-state index in [1.165, 1.54) is 0 Å². The molecule has 0 aromatic heterocycles. The molecule has 4 nitrogen and oxygen atoms in total. The monoisotopic (exact) mass is 270 g/mol. The van der Waals surface area contributed by atoms with Crippen molar-refractivity contribution in [2.24, 2.45) is 8.80 Å². The first-order chi connectivity index (χ1) is 9.16. The SMILES string of the molecule is O=S1(=O)N=C(c2ccccc2)C(c2ccccc2)=N1. The second kappa shape index (κ2) is 4.44. The van der Waals surface area contributed by atoms with Crippen molar-refractivity contribution in [3.8, 4) is 0 Å². The Morgan fingerprint density at radius 2 is 1.00 bits per heavy atom. The average molecular weight is 270 g/mol. The molecule has 0 spiro atoms. The van der Waals surface area contributed by atoms with Crippen LogP contribution in [0.1, 0.15) is 11.1 Å². The molecule has 2 aromatic carbocycles. The molecule has 19 heavy (non-hydrogen) atoms. The fraction of sp³-hybridized carbons (Fsp3) is 0. The van der Waals surface area contributed by atoms with Gasteiger partial charge in [0.05, 0.1) is 0 Å². The predicted molar refractivity (Wildman–Crippen MR) is 74.9 cm³/mol. The van der Waals surface area contributed by atoms with Crippen LogP contribution in [0.2, 0.25) is 0 Å². The molecule has 0 bridgehead atoms. The Bertz CT molecular complexity index is 702. The van der Waals surface area contributed by atoms with E-state index in [9.17, 15) is 8.42 Å². The summed E-state index contributed by atoms with van der Waals surface area (Å²) in [6.45, 7) is 0. The molecule has 0 saturated carbocycles. The summed E-state index contributed by atoms with van der Waals surface area (Å²) in [5, 5.41) is 0. The van der Waals surface area contributed by atoms with Gasteiger partial charge in [0.1, 0.15) is 11.4 Å². The van der Waals surface area contributed by atoms with E-state index in [4.69, 9.17) is 0 Å². The molecule has 0 saturated heterocycles. The van der Waals surface area contributed by atoms with Crippen LogP contribution >= 0.6 is 0 Å². The molecule has 3 rings (SSSR count). The first-order valence-corrected chi connectivity index (χ1v) is 7.11. The molecule has 0 amide bonds. The molecule has 94 valence electrons. The Labute approximate surface area is 111 Å². The lowest BCUT2D eigenvalue weighted by Gasteiger charge is -2.03. The Kier molecular flexibility index (Phi) is 2.76. The van der Waals surface area contributed by atoms with E-state index in [2.05, 4.69) is 8.80 Å². The lowest BCUT2D eigenvalue weighted by molar-refractivity contribution is 0.601. The minimum absolute atomic E-state index is 0.395. The van der Waals surface area contributed by atoms with Gasteiger partial charge in [0.15, 0.2) is 0 Å². The quantitative estimate of drug-likeness (QED) is 0.840. The maximum Gasteiger partial charge on any atom is 0.364 e. The normalized spacial score (nSPS) is 16.8. The first-order valence-electron chi connectivity index (χ1n) is 5.72. The van der Waals surface area contributed by atoms with Crippen molar-refractivity contribution in [2.45, 2.75) is 0 Å². The summed E-state index contributed by atoms with van der Waals surface area (Å²) in [6.07, 6.45) is 0. The number of hydrogen-bond donors (Lipinski definition) is 0. The van der Waals surface area contributed by atoms with Crippen molar-refractivity contribution < 1.29 is 8.42 Å². The van der Waals surface area contributed by atoms with Crippen LogP contribution in [0.25, 0.3) is 0 Å². The van der Waals surface area contributed by atoms with Crippen LogP contribution in [0.15, 0.2) is 69.5 Å². The van der Waals surface area contributed by atoms with E-state index < -0.39 is 10.2 Å². The van der Waals surface area contributed by atoms with Crippen LogP contribution in [0.3, 0.4) is 0 Å². The summed E-state index contributed by atoms with van der Waals surface area (Å²) in [6, 6.07) is 18.4. The minimum Gasteiger partial charge on any atom is -0.179 e. The fourth-order valence-electron chi connectivity index (χ4n) is 1.91. The summed E-state index contributed by atoms with van der Waals surface area (Å²) >= 11 is 0. The Morgan fingerprint density at radius 3 is 1.37 bits per heavy atom. The lowest BCUT2D eigenvalue weighted by Crippen LogP contribution is -2.13. The Hall–Kier alpha value is -2.27. The van der Waals surface area contributed by atoms with E-state index in [0.29, 0.717) is 11.4 Å². The van der Waals surface area contributed by atoms with E-state index in [1.807, 2.05) is 60.7 Å². The topological polar surface area (TPSA) is 58.9 Å². The molecule has 1 aliphatic rings. The van der Waals surface area contributed by atoms with Gasteiger partial charge in [-0.3, -0.25) is 0 Å². The minimum atomic E-state index is -3.77. The van der Waals surface area contributed by atoms with Crippen molar-refractivity contribution in [1.29, 1.82) is 0 Å². The van der Waals surface area contributed by atoms with E-state index in [0.717, 1.165) is 11.1 Å². The summed E-state index contributed by atoms with van der Waals surface area (Å²) in [5.74, 6) is 0. The summed E-state index contributed by atoms with van der Waals surface area (Å²) < 4.78 is 30.7. The maximum absolute atomic E-state index is 11.6. The average Bonchev–Trinajstić information content (AvgIpc) is 2.77. The van der Waals surface area contributed by atoms with Gasteiger partial charge in [-0.1, -0.05) is 60.7 Å². The zero-order valence-electron chi connectivity index (χ0n) is 9.89. The molecule has 5 heteroatoms. The Balaban J connectivity index is 2.17. The molecular formula is C14H10N2O2S. The van der Waals surface area contributed by atoms with Gasteiger partial charge in [-0.2, -0.15) is 8.42 Å². The van der Waals surface area contributed by atoms with Gasteiger partial charge in [0.25, 0.3) is 0 Å². The Morgan fingerprint density at radius 1 is 0.632 bits per heavy atom. The predicted octanol–water partition coefficient (Wildman–Crippen LogP) is 2.22. The van der Waals surface area contributed by atoms with Gasteiger partial charge in [0.2, 0.25) is 0 Å². The van der Waals surface area contributed by atoms with E-state index >= 15 is 0 Å². The third-order valence-corrected chi connectivity index (χ3v) is 3.56. The summed E-state index contributed by atoms with van der Waals surface area (Å²) in [4.78, 5) is 0. The zero-order valence-corrected chi connectivity index (χ0v) is 10.7. The van der Waals surface area contributed by atoms with Crippen molar-refractivity contribution in [2.75, 3.05) is 0 Å². The third kappa shape index (κ3) is 2.32. The highest BCUT2D eigenvalue weighted by Gasteiger charge is 2.26. The second-order valence-electron chi connectivity index (χ2n) is 4.06. The summed E-state index contributed by atoms with van der Waals surface area (Å²) in [7, 11) is -3.77. The van der Waals surface area contributed by atoms with Gasteiger partial charge >= 0.3 is 10.2 Å². The summed E-state index contributed by atoms with van der Waals surface area (Å²) in [5.41, 5.74) is 2.27. The van der Waals surface area contributed by atoms with Gasteiger partial charge in [-0.05, 0) is 0 Å². The van der Waals surface area contributed by atoms with Crippen molar-refractivity contribution in [3.05, 3.63) is 71.8 Å². The van der Waals surface area contributed by atoms with Crippen LogP contribution in [-0.2, 0) is 10.2 Å². The van der Waals surface area contributed by atoms with Crippen LogP contribution in [0, 0.1) is 0 Å². The smallest absolute Gasteiger partial charge is 0.179 e. The molecule has 2 aromatic rings. The molecule has 1 heterocycles. The molecular weight excluding hydrogens is 260 g/mol. The van der Waals surface area contributed by atoms with Crippen molar-refractivity contribution in [1.82, 2.24) is 0 Å². The highest BCUT2D eigenvalue weighted by Crippen LogP contribution is 2.18. The zero-order chi connectivity index (χ0) is 13.3. The molecule has 0 radical (unpaired) electrons. The maximum atomic E-state index is 11.6. The van der Waals surface area contributed by atoms with Gasteiger partial charge in [-0.15, -0.1) is 8.80 Å². The number of benzene rings is 2. The first kappa shape index (κ1) is 11.8. The highest BCUT2D eigenvalue weighted by atomic mass is 32.2. The van der Waals surface area contributed by atoms with Crippen molar-refractivity contribution in [3.63, 3.8) is 0 Å². The van der Waals surface area contributed by atoms with Gasteiger partial charge in [0, 0.05) is 11.1 Å². The molecule has 0 aliphatic carbocycles. The van der Waals surface area contributed by atoms with Crippen LogP contribution in [0.5, 0.6) is 0 Å². The standard InChI is InChI=1S/C14H10N2O2S/c17-19(18)15-13(11-7-3-1-4-8-11)14(16-19)12-9-5-2-6-10-12/h1-10H. The second-order valence-corrected chi connectivity index (χ2v) is 5.32. The lowest BCUT2D eigenvalue weighted by atomic mass is 10.0. The van der Waals surface area contributed by atoms with E-state index in [-0.39, 0.29) is 0 Å². The molecule has 0 unspecified atom stereocenters. The largest absolute Gasteiger partial charge is 0.364 e. The molecule has 0 fully saturated rings. The molecule has 0 N–H and O–H groups in total. The van der Waals surface area contributed by atoms with Crippen LogP contribution in [0.4, 0.5) is 0 Å². The van der Waals surface area contributed by atoms with Crippen LogP contribution in [-0.4, -0.2) is 19.8 Å². The molecule has 0 atom stereocenters. The number of rotatable bonds is 2. The molecule has 1 aliphatic heterocycles. The van der Waals surface area contributed by atoms with Crippen molar-refractivity contribution >= 4 is 21.6 Å². The van der Waals surface area contributed by atoms with Crippen LogP contribution < -0.4 is 0 Å². The van der Waals surface area contributed by atoms with Gasteiger partial charge in [-0.25, -0.2) is 0 Å². The van der Waals surface area contributed by atoms with E-state index in [1.54, 1.807) is 0 Å². The fourth-order valence-corrected chi connectivity index (χ4v) is 2.79. The number of nitrogens with zero attached hydrogens (tertiary/aromatic N) is 2. The van der Waals surface area contributed by atoms with Gasteiger partial charge < -0.3 is 0 Å². The highest BCUT2D eigenvalue weighted by molar-refractivity contribution is 7.89. The third-order valence-electron chi connectivity index (χ3n) is 2.73.